The molecule has 11 heteroatoms. The summed E-state index contributed by atoms with van der Waals surface area (Å²) in [5, 5.41) is 0. The topological polar surface area (TPSA) is 69.4 Å². The number of hydrogen-bond acceptors (Lipinski definition) is 7. The predicted molar refractivity (Wildman–Crippen MR) is 162 cm³/mol. The first-order chi connectivity index (χ1) is 21.3. The summed E-state index contributed by atoms with van der Waals surface area (Å²) in [6.45, 7) is 14.9. The van der Waals surface area contributed by atoms with Crippen LogP contribution in [0.25, 0.3) is 4.85 Å². The second kappa shape index (κ2) is 11.1. The maximum atomic E-state index is 15.4. The van der Waals surface area contributed by atoms with Gasteiger partial charge in [-0.15, -0.1) is 0 Å². The summed E-state index contributed by atoms with van der Waals surface area (Å²) in [5.41, 5.74) is 2.73. The number of aryl methyl sites for hydroxylation is 1. The van der Waals surface area contributed by atoms with E-state index in [0.717, 1.165) is 60.4 Å². The molecule has 9 nitrogen and oxygen atoms in total. The molecule has 4 atom stereocenters. The first-order valence-electron chi connectivity index (χ1n) is 15.7. The van der Waals surface area contributed by atoms with E-state index in [0.29, 0.717) is 52.2 Å². The number of aromatic nitrogens is 2. The summed E-state index contributed by atoms with van der Waals surface area (Å²) in [4.78, 5) is 34.5. The van der Waals surface area contributed by atoms with Crippen LogP contribution in [0, 0.1) is 12.4 Å². The van der Waals surface area contributed by atoms with Gasteiger partial charge in [-0.05, 0) is 57.0 Å². The fourth-order valence-corrected chi connectivity index (χ4v) is 8.62. The fourth-order valence-electron chi connectivity index (χ4n) is 8.62. The Morgan fingerprint density at radius 3 is 2.93 bits per heavy atom. The van der Waals surface area contributed by atoms with Crippen molar-refractivity contribution in [1.82, 2.24) is 24.7 Å². The van der Waals surface area contributed by atoms with Crippen LogP contribution in [0.1, 0.15) is 48.1 Å². The Morgan fingerprint density at radius 2 is 2.11 bits per heavy atom. The van der Waals surface area contributed by atoms with Crippen molar-refractivity contribution in [2.75, 3.05) is 57.8 Å². The molecule has 0 saturated carbocycles. The third-order valence-corrected chi connectivity index (χ3v) is 10.8. The molecule has 3 saturated heterocycles. The summed E-state index contributed by atoms with van der Waals surface area (Å²) in [6, 6.07) is 5.28. The van der Waals surface area contributed by atoms with E-state index in [-0.39, 0.29) is 35.9 Å². The second-order valence-electron chi connectivity index (χ2n) is 13.1. The normalized spacial score (nSPS) is 29.8. The van der Waals surface area contributed by atoms with Crippen molar-refractivity contribution in [2.24, 2.45) is 0 Å². The van der Waals surface area contributed by atoms with Gasteiger partial charge in [-0.2, -0.15) is 9.97 Å². The highest BCUT2D eigenvalue weighted by Crippen LogP contribution is 2.49. The zero-order valence-corrected chi connectivity index (χ0v) is 25.3. The molecular formula is C33H39F2N7O2. The number of benzene rings is 1. The molecule has 1 aromatic carbocycles. The SMILES string of the molecule is [C-]#[N+]C[C@H]1CN(c2nc(OC[C@@]34CCCN3C[C@H](F)C4)nc3c2CN(C)[C@@]2(CCc4cccc(F)c42)C3)CCN1C(=O)C=C. The summed E-state index contributed by atoms with van der Waals surface area (Å²) in [6.07, 6.45) is 4.90. The van der Waals surface area contributed by atoms with E-state index in [9.17, 15) is 9.18 Å². The molecule has 0 N–H and O–H groups in total. The molecule has 1 aromatic heterocycles. The maximum absolute atomic E-state index is 15.4. The quantitative estimate of drug-likeness (QED) is 0.370. The average molecular weight is 604 g/mol. The molecule has 5 heterocycles. The number of fused-ring (bicyclic) bond motifs is 4. The highest BCUT2D eigenvalue weighted by atomic mass is 19.1. The van der Waals surface area contributed by atoms with Crippen LogP contribution >= 0.6 is 0 Å². The van der Waals surface area contributed by atoms with E-state index in [1.54, 1.807) is 17.0 Å². The number of nitrogens with zero attached hydrogens (tertiary/aromatic N) is 7. The van der Waals surface area contributed by atoms with Crippen molar-refractivity contribution in [3.05, 3.63) is 70.5 Å². The first kappa shape index (κ1) is 29.1. The van der Waals surface area contributed by atoms with Crippen molar-refractivity contribution < 1.29 is 18.3 Å². The number of hydrogen-bond donors (Lipinski definition) is 0. The molecule has 1 spiro atoms. The number of anilines is 1. The summed E-state index contributed by atoms with van der Waals surface area (Å²) in [5.74, 6) is 0.363. The van der Waals surface area contributed by atoms with E-state index < -0.39 is 11.7 Å². The first-order valence-corrected chi connectivity index (χ1v) is 15.7. The summed E-state index contributed by atoms with van der Waals surface area (Å²) in [7, 11) is 2.04. The van der Waals surface area contributed by atoms with Gasteiger partial charge in [-0.25, -0.2) is 15.4 Å². The van der Waals surface area contributed by atoms with E-state index in [1.807, 2.05) is 13.1 Å². The molecule has 7 rings (SSSR count). The second-order valence-corrected chi connectivity index (χ2v) is 13.1. The van der Waals surface area contributed by atoms with Crippen LogP contribution in [0.15, 0.2) is 30.9 Å². The highest BCUT2D eigenvalue weighted by molar-refractivity contribution is 5.87. The van der Waals surface area contributed by atoms with Gasteiger partial charge in [0.2, 0.25) is 12.5 Å². The number of carbonyl (C=O) groups is 1. The molecule has 44 heavy (non-hydrogen) atoms. The molecule has 232 valence electrons. The number of rotatable bonds is 6. The zero-order valence-electron chi connectivity index (χ0n) is 25.3. The van der Waals surface area contributed by atoms with Gasteiger partial charge in [0.15, 0.2) is 0 Å². The van der Waals surface area contributed by atoms with Crippen LogP contribution in [-0.2, 0) is 29.7 Å². The third-order valence-electron chi connectivity index (χ3n) is 10.8. The Balaban J connectivity index is 1.26. The Morgan fingerprint density at radius 1 is 1.25 bits per heavy atom. The lowest BCUT2D eigenvalue weighted by molar-refractivity contribution is -0.128. The molecule has 1 aliphatic carbocycles. The standard InChI is InChI=1S/C33H39F2N7O2/c1-4-28(43)42-14-13-40(19-24(42)17-36-2)30-25-20-39(3)33(11-9-22-7-5-8-26(35)29(22)33)16-27(25)37-31(38-30)44-21-32-10-6-12-41(32)18-23(34)15-32/h4-5,7-8,23-24H,1,6,9-21H2,3H3/t23-,24+,32+,33+/m1/s1. The third kappa shape index (κ3) is 4.65. The molecule has 3 fully saturated rings. The number of carbonyl (C=O) groups excluding carboxylic acids is 1. The zero-order chi connectivity index (χ0) is 30.6. The minimum Gasteiger partial charge on any atom is -0.461 e. The number of halogens is 2. The van der Waals surface area contributed by atoms with Crippen LogP contribution in [0.5, 0.6) is 6.01 Å². The Kier molecular flexibility index (Phi) is 7.33. The predicted octanol–water partition coefficient (Wildman–Crippen LogP) is 3.52. The van der Waals surface area contributed by atoms with Crippen LogP contribution < -0.4 is 9.64 Å². The lowest BCUT2D eigenvalue weighted by Gasteiger charge is -2.46. The van der Waals surface area contributed by atoms with Crippen LogP contribution in [0.3, 0.4) is 0 Å². The summed E-state index contributed by atoms with van der Waals surface area (Å²) >= 11 is 0. The van der Waals surface area contributed by atoms with Gasteiger partial charge in [0.25, 0.3) is 0 Å². The lowest BCUT2D eigenvalue weighted by Crippen LogP contribution is -2.56. The molecule has 4 aliphatic heterocycles. The van der Waals surface area contributed by atoms with E-state index in [1.165, 1.54) is 6.08 Å². The molecule has 2 aromatic rings. The Labute approximate surface area is 257 Å². The summed E-state index contributed by atoms with van der Waals surface area (Å²) < 4.78 is 36.3. The van der Waals surface area contributed by atoms with Crippen molar-refractivity contribution in [1.29, 1.82) is 0 Å². The van der Waals surface area contributed by atoms with Crippen molar-refractivity contribution >= 4 is 11.7 Å². The van der Waals surface area contributed by atoms with Gasteiger partial charge < -0.3 is 19.4 Å². The van der Waals surface area contributed by atoms with E-state index in [2.05, 4.69) is 26.1 Å². The van der Waals surface area contributed by atoms with Gasteiger partial charge in [-0.3, -0.25) is 14.6 Å². The van der Waals surface area contributed by atoms with Crippen LogP contribution in [-0.4, -0.2) is 101 Å². The Hall–Kier alpha value is -3.62. The maximum Gasteiger partial charge on any atom is 0.318 e. The lowest BCUT2D eigenvalue weighted by atomic mass is 9.80. The van der Waals surface area contributed by atoms with Crippen LogP contribution in [0.4, 0.5) is 14.6 Å². The number of piperazine rings is 1. The van der Waals surface area contributed by atoms with Crippen LogP contribution in [0.2, 0.25) is 0 Å². The van der Waals surface area contributed by atoms with Gasteiger partial charge in [-0.1, -0.05) is 18.7 Å². The monoisotopic (exact) mass is 603 g/mol. The molecule has 0 radical (unpaired) electrons. The number of alkyl halides is 1. The van der Waals surface area contributed by atoms with Gasteiger partial charge in [0.1, 0.15) is 30.5 Å². The highest BCUT2D eigenvalue weighted by Gasteiger charge is 2.51. The molecule has 1 amide bonds. The minimum atomic E-state index is -0.861. The molecular weight excluding hydrogens is 564 g/mol. The minimum absolute atomic E-state index is 0.175. The van der Waals surface area contributed by atoms with Gasteiger partial charge >= 0.3 is 6.01 Å². The largest absolute Gasteiger partial charge is 0.461 e. The van der Waals surface area contributed by atoms with E-state index in [4.69, 9.17) is 21.3 Å². The van der Waals surface area contributed by atoms with Gasteiger partial charge in [0.05, 0.1) is 16.8 Å². The van der Waals surface area contributed by atoms with Crippen molar-refractivity contribution in [2.45, 2.75) is 68.4 Å². The Bertz CT molecular complexity index is 1530. The van der Waals surface area contributed by atoms with Gasteiger partial charge in [0, 0.05) is 56.7 Å². The number of likely N-dealkylation sites (N-methyl/N-ethyl adjacent to an activating group) is 1. The average Bonchev–Trinajstić information content (AvgIpc) is 3.67. The number of ether oxygens (including phenoxy) is 1. The fraction of sp³-hybridized carbons (Fsp3) is 0.576. The van der Waals surface area contributed by atoms with Crippen molar-refractivity contribution in [3.63, 3.8) is 0 Å². The van der Waals surface area contributed by atoms with E-state index >= 15 is 4.39 Å². The van der Waals surface area contributed by atoms with Crippen molar-refractivity contribution in [3.8, 4) is 6.01 Å². The molecule has 5 aliphatic rings. The molecule has 0 unspecified atom stereocenters. The number of amides is 1. The molecule has 0 bridgehead atoms. The smallest absolute Gasteiger partial charge is 0.318 e.